The minimum absolute atomic E-state index is 0.0593. The van der Waals surface area contributed by atoms with E-state index in [0.717, 1.165) is 0 Å². The lowest BCUT2D eigenvalue weighted by atomic mass is 9.75. The molecule has 0 bridgehead atoms. The van der Waals surface area contributed by atoms with E-state index >= 15 is 0 Å². The van der Waals surface area contributed by atoms with Gasteiger partial charge in [0, 0.05) is 37.5 Å². The number of benzene rings is 1. The maximum Gasteiger partial charge on any atom is 0.338 e. The van der Waals surface area contributed by atoms with Gasteiger partial charge in [0.15, 0.2) is 5.78 Å². The number of fused-ring (bicyclic) bond motifs is 1. The van der Waals surface area contributed by atoms with Gasteiger partial charge in [0.05, 0.1) is 5.56 Å². The van der Waals surface area contributed by atoms with E-state index in [9.17, 15) is 24.3 Å². The maximum atomic E-state index is 13.4. The van der Waals surface area contributed by atoms with Crippen LogP contribution in [0.1, 0.15) is 71.7 Å². The zero-order chi connectivity index (χ0) is 29.1. The van der Waals surface area contributed by atoms with Gasteiger partial charge in [0.2, 0.25) is 0 Å². The van der Waals surface area contributed by atoms with Crippen LogP contribution in [0.25, 0.3) is 0 Å². The van der Waals surface area contributed by atoms with Crippen molar-refractivity contribution in [3.8, 4) is 0 Å². The van der Waals surface area contributed by atoms with E-state index in [2.05, 4.69) is 0 Å². The predicted molar refractivity (Wildman–Crippen MR) is 144 cm³/mol. The average Bonchev–Trinajstić information content (AvgIpc) is 3.09. The Morgan fingerprint density at radius 2 is 1.59 bits per heavy atom. The summed E-state index contributed by atoms with van der Waals surface area (Å²) in [5, 5.41) is 12.3. The number of rotatable bonds is 4. The molecule has 1 fully saturated rings. The molecule has 7 unspecified atom stereocenters. The van der Waals surface area contributed by atoms with E-state index in [-0.39, 0.29) is 24.5 Å². The van der Waals surface area contributed by atoms with E-state index in [0.29, 0.717) is 11.1 Å². The molecule has 0 radical (unpaired) electrons. The van der Waals surface area contributed by atoms with Crippen molar-refractivity contribution < 1.29 is 38.5 Å². The van der Waals surface area contributed by atoms with Gasteiger partial charge in [-0.3, -0.25) is 14.4 Å². The number of ether oxygens (including phenoxy) is 3. The molecule has 3 rings (SSSR count). The van der Waals surface area contributed by atoms with E-state index in [1.807, 2.05) is 39.8 Å². The van der Waals surface area contributed by atoms with Crippen LogP contribution in [-0.4, -0.2) is 52.7 Å². The lowest BCUT2D eigenvalue weighted by Crippen LogP contribution is -2.52. The summed E-state index contributed by atoms with van der Waals surface area (Å²) in [6.45, 7) is 11.6. The summed E-state index contributed by atoms with van der Waals surface area (Å²) in [5.41, 5.74) is -1.66. The molecule has 7 atom stereocenters. The van der Waals surface area contributed by atoms with Crippen LogP contribution >= 0.6 is 0 Å². The predicted octanol–water partition coefficient (Wildman–Crippen LogP) is 4.60. The quantitative estimate of drug-likeness (QED) is 0.335. The van der Waals surface area contributed by atoms with Crippen LogP contribution in [-0.2, 0) is 28.6 Å². The molecule has 39 heavy (non-hydrogen) atoms. The zero-order valence-corrected chi connectivity index (χ0v) is 23.8. The summed E-state index contributed by atoms with van der Waals surface area (Å²) in [6.07, 6.45) is 2.86. The number of allylic oxidation sites excluding steroid dienone is 1. The second kappa shape index (κ2) is 11.9. The van der Waals surface area contributed by atoms with Crippen molar-refractivity contribution in [2.45, 2.75) is 85.2 Å². The van der Waals surface area contributed by atoms with Gasteiger partial charge in [-0.2, -0.15) is 0 Å². The van der Waals surface area contributed by atoms with E-state index in [1.54, 1.807) is 43.3 Å². The summed E-state index contributed by atoms with van der Waals surface area (Å²) in [6, 6.07) is 8.54. The second-order valence-electron chi connectivity index (χ2n) is 11.6. The first kappa shape index (κ1) is 30.3. The highest BCUT2D eigenvalue weighted by molar-refractivity contribution is 5.95. The third kappa shape index (κ3) is 6.85. The fraction of sp³-hybridized carbons (Fsp3) is 0.548. The third-order valence-electron chi connectivity index (χ3n) is 7.86. The molecule has 1 aromatic rings. The highest BCUT2D eigenvalue weighted by Gasteiger charge is 2.58. The molecular weight excluding hydrogens is 500 g/mol. The van der Waals surface area contributed by atoms with E-state index in [1.165, 1.54) is 13.8 Å². The van der Waals surface area contributed by atoms with Gasteiger partial charge in [0.25, 0.3) is 0 Å². The van der Waals surface area contributed by atoms with Crippen molar-refractivity contribution >= 4 is 23.7 Å². The monoisotopic (exact) mass is 540 g/mol. The Bertz CT molecular complexity index is 1150. The Kier molecular flexibility index (Phi) is 9.21. The number of esters is 3. The van der Waals surface area contributed by atoms with Crippen LogP contribution in [0.2, 0.25) is 0 Å². The van der Waals surface area contributed by atoms with Crippen molar-refractivity contribution in [2.75, 3.05) is 0 Å². The first-order valence-corrected chi connectivity index (χ1v) is 13.4. The summed E-state index contributed by atoms with van der Waals surface area (Å²) in [7, 11) is 0. The first-order chi connectivity index (χ1) is 18.2. The molecule has 0 heterocycles. The molecule has 0 spiro atoms. The number of carbonyl (C=O) groups excluding carboxylic acids is 4. The molecular formula is C31H40O8. The van der Waals surface area contributed by atoms with E-state index in [4.69, 9.17) is 14.2 Å². The largest absolute Gasteiger partial charge is 0.461 e. The molecule has 8 nitrogen and oxygen atoms in total. The summed E-state index contributed by atoms with van der Waals surface area (Å²) in [4.78, 5) is 50.6. The highest BCUT2D eigenvalue weighted by Crippen LogP contribution is 2.48. The second-order valence-corrected chi connectivity index (χ2v) is 11.6. The van der Waals surface area contributed by atoms with Crippen molar-refractivity contribution in [3.05, 3.63) is 59.7 Å². The summed E-state index contributed by atoms with van der Waals surface area (Å²) >= 11 is 0. The molecule has 1 aromatic carbocycles. The minimum atomic E-state index is -1.63. The van der Waals surface area contributed by atoms with Crippen LogP contribution < -0.4 is 0 Å². The highest BCUT2D eigenvalue weighted by atomic mass is 16.6. The van der Waals surface area contributed by atoms with Gasteiger partial charge >= 0.3 is 17.9 Å². The molecule has 1 saturated carbocycles. The molecule has 8 heteroatoms. The first-order valence-electron chi connectivity index (χ1n) is 13.4. The molecule has 212 valence electrons. The average molecular weight is 541 g/mol. The standard InChI is InChI=1S/C31H40O8/c1-18-13-14-30(6,7)26(37-21(4)32)16-25(34)19(2)15-24-27(39-29(35)23-11-9-8-10-12-23)20(3)17-31(24,36)28(18)38-22(5)33/h8-15,18,20,24,26-28,36H,16-17H2,1-7H3. The molecule has 0 saturated heterocycles. The number of hydrogen-bond acceptors (Lipinski definition) is 8. The van der Waals surface area contributed by atoms with Gasteiger partial charge in [-0.15, -0.1) is 0 Å². The SMILES string of the molecule is CC(=O)OC1CC(=O)C(C)=CC2C(OC(=O)c3ccccc3)C(C)CC2(O)C(OC(C)=O)C(C)C=CC1(C)C. The van der Waals surface area contributed by atoms with Crippen molar-refractivity contribution in [2.24, 2.45) is 23.2 Å². The normalized spacial score (nSPS) is 32.6. The summed E-state index contributed by atoms with van der Waals surface area (Å²) < 4.78 is 17.3. The van der Waals surface area contributed by atoms with Crippen LogP contribution in [0.5, 0.6) is 0 Å². The number of carbonyl (C=O) groups is 4. The summed E-state index contributed by atoms with van der Waals surface area (Å²) in [5.74, 6) is -3.49. The Balaban J connectivity index is 2.13. The van der Waals surface area contributed by atoms with Gasteiger partial charge in [-0.25, -0.2) is 4.79 Å². The van der Waals surface area contributed by atoms with Crippen molar-refractivity contribution in [1.82, 2.24) is 0 Å². The van der Waals surface area contributed by atoms with Crippen molar-refractivity contribution in [3.63, 3.8) is 0 Å². The lowest BCUT2D eigenvalue weighted by molar-refractivity contribution is -0.173. The van der Waals surface area contributed by atoms with Gasteiger partial charge in [-0.05, 0) is 37.0 Å². The van der Waals surface area contributed by atoms with Crippen molar-refractivity contribution in [1.29, 1.82) is 0 Å². The molecule has 2 aliphatic rings. The number of hydrogen-bond donors (Lipinski definition) is 1. The Morgan fingerprint density at radius 1 is 0.974 bits per heavy atom. The lowest BCUT2D eigenvalue weighted by Gasteiger charge is -2.40. The van der Waals surface area contributed by atoms with Crippen LogP contribution in [0, 0.1) is 23.2 Å². The molecule has 0 aliphatic heterocycles. The van der Waals surface area contributed by atoms with Gasteiger partial charge < -0.3 is 19.3 Å². The van der Waals surface area contributed by atoms with Crippen LogP contribution in [0.4, 0.5) is 0 Å². The zero-order valence-electron chi connectivity index (χ0n) is 23.8. The Labute approximate surface area is 230 Å². The van der Waals surface area contributed by atoms with Gasteiger partial charge in [0.1, 0.15) is 23.9 Å². The van der Waals surface area contributed by atoms with E-state index < -0.39 is 59.1 Å². The van der Waals surface area contributed by atoms with Gasteiger partial charge in [-0.1, -0.05) is 64.1 Å². The Hall–Kier alpha value is -3.26. The minimum Gasteiger partial charge on any atom is -0.461 e. The molecule has 0 amide bonds. The fourth-order valence-corrected chi connectivity index (χ4v) is 5.71. The number of aliphatic hydroxyl groups is 1. The Morgan fingerprint density at radius 3 is 2.18 bits per heavy atom. The van der Waals surface area contributed by atoms with Crippen LogP contribution in [0.3, 0.4) is 0 Å². The van der Waals surface area contributed by atoms with Crippen LogP contribution in [0.15, 0.2) is 54.1 Å². The fourth-order valence-electron chi connectivity index (χ4n) is 5.71. The molecule has 0 aromatic heterocycles. The topological polar surface area (TPSA) is 116 Å². The smallest absolute Gasteiger partial charge is 0.338 e. The maximum absolute atomic E-state index is 13.4. The number of ketones is 1. The molecule has 2 aliphatic carbocycles. The molecule has 1 N–H and O–H groups in total. The number of Topliss-reactive ketones (excluding diaryl/α,β-unsaturated/α-hetero) is 1. The third-order valence-corrected chi connectivity index (χ3v) is 7.86.